The summed E-state index contributed by atoms with van der Waals surface area (Å²) in [5, 5.41) is 4.01. The zero-order chi connectivity index (χ0) is 13.5. The van der Waals surface area contributed by atoms with Gasteiger partial charge in [0.15, 0.2) is 0 Å². The summed E-state index contributed by atoms with van der Waals surface area (Å²) >= 11 is 1.36. The standard InChI is InChI=1S/C13H17N3O2S/c1-10-15-13(19-16-10)14-6-7-18-9-11-4-3-5-12(8-11)17-2/h3-5,8H,6-7,9H2,1-2H3,(H,14,15,16). The van der Waals surface area contributed by atoms with Crippen molar-refractivity contribution >= 4 is 16.7 Å². The predicted octanol–water partition coefficient (Wildman–Crippen LogP) is 2.48. The van der Waals surface area contributed by atoms with Gasteiger partial charge < -0.3 is 14.8 Å². The molecule has 0 aliphatic heterocycles. The van der Waals surface area contributed by atoms with E-state index in [0.717, 1.165) is 28.8 Å². The first-order chi connectivity index (χ1) is 9.28. The Morgan fingerprint density at radius 2 is 2.26 bits per heavy atom. The average molecular weight is 279 g/mol. The summed E-state index contributed by atoms with van der Waals surface area (Å²) in [5.74, 6) is 1.65. The molecule has 0 bridgehead atoms. The number of nitrogens with zero attached hydrogens (tertiary/aromatic N) is 2. The molecule has 2 rings (SSSR count). The minimum atomic E-state index is 0.577. The Balaban J connectivity index is 1.66. The molecule has 0 saturated carbocycles. The number of aromatic nitrogens is 2. The summed E-state index contributed by atoms with van der Waals surface area (Å²) < 4.78 is 14.8. The lowest BCUT2D eigenvalue weighted by molar-refractivity contribution is 0.130. The molecule has 0 aliphatic rings. The third-order valence-corrected chi connectivity index (χ3v) is 3.22. The maximum absolute atomic E-state index is 5.59. The van der Waals surface area contributed by atoms with Crippen molar-refractivity contribution < 1.29 is 9.47 Å². The molecule has 1 aromatic carbocycles. The van der Waals surface area contributed by atoms with E-state index in [9.17, 15) is 0 Å². The molecule has 1 heterocycles. The summed E-state index contributed by atoms with van der Waals surface area (Å²) in [6.45, 7) is 3.80. The van der Waals surface area contributed by atoms with Crippen molar-refractivity contribution in [2.45, 2.75) is 13.5 Å². The summed E-state index contributed by atoms with van der Waals surface area (Å²) in [7, 11) is 1.66. The Hall–Kier alpha value is -1.66. The molecule has 19 heavy (non-hydrogen) atoms. The van der Waals surface area contributed by atoms with E-state index in [2.05, 4.69) is 14.7 Å². The van der Waals surface area contributed by atoms with Crippen molar-refractivity contribution in [3.8, 4) is 5.75 Å². The van der Waals surface area contributed by atoms with Crippen LogP contribution in [0.1, 0.15) is 11.4 Å². The van der Waals surface area contributed by atoms with Crippen molar-refractivity contribution in [2.24, 2.45) is 0 Å². The minimum Gasteiger partial charge on any atom is -0.497 e. The second-order valence-electron chi connectivity index (χ2n) is 3.98. The van der Waals surface area contributed by atoms with Gasteiger partial charge in [-0.15, -0.1) is 0 Å². The number of methoxy groups -OCH3 is 1. The number of nitrogens with one attached hydrogen (secondary N) is 1. The second-order valence-corrected chi connectivity index (χ2v) is 4.73. The highest BCUT2D eigenvalue weighted by atomic mass is 32.1. The second kappa shape index (κ2) is 7.06. The maximum Gasteiger partial charge on any atom is 0.202 e. The highest BCUT2D eigenvalue weighted by Gasteiger charge is 1.99. The Morgan fingerprint density at radius 3 is 3.00 bits per heavy atom. The van der Waals surface area contributed by atoms with E-state index in [1.807, 2.05) is 31.2 Å². The van der Waals surface area contributed by atoms with Gasteiger partial charge >= 0.3 is 0 Å². The van der Waals surface area contributed by atoms with Crippen LogP contribution in [0.5, 0.6) is 5.75 Å². The van der Waals surface area contributed by atoms with Gasteiger partial charge in [-0.2, -0.15) is 4.37 Å². The van der Waals surface area contributed by atoms with Crippen LogP contribution in [-0.2, 0) is 11.3 Å². The van der Waals surface area contributed by atoms with E-state index in [4.69, 9.17) is 9.47 Å². The Kier molecular flexibility index (Phi) is 5.11. The van der Waals surface area contributed by atoms with E-state index >= 15 is 0 Å². The van der Waals surface area contributed by atoms with Crippen LogP contribution in [0.3, 0.4) is 0 Å². The van der Waals surface area contributed by atoms with Gasteiger partial charge in [0.25, 0.3) is 0 Å². The van der Waals surface area contributed by atoms with Crippen LogP contribution in [-0.4, -0.2) is 29.6 Å². The molecule has 102 valence electrons. The molecule has 1 N–H and O–H groups in total. The van der Waals surface area contributed by atoms with Gasteiger partial charge in [0.2, 0.25) is 5.13 Å². The lowest BCUT2D eigenvalue weighted by Gasteiger charge is -2.06. The Labute approximate surface area is 116 Å². The van der Waals surface area contributed by atoms with E-state index < -0.39 is 0 Å². The molecule has 0 atom stereocenters. The van der Waals surface area contributed by atoms with Gasteiger partial charge in [-0.1, -0.05) is 12.1 Å². The molecule has 0 fully saturated rings. The molecule has 5 nitrogen and oxygen atoms in total. The number of anilines is 1. The predicted molar refractivity (Wildman–Crippen MR) is 75.8 cm³/mol. The third-order valence-electron chi connectivity index (χ3n) is 2.45. The molecule has 0 spiro atoms. The summed E-state index contributed by atoms with van der Waals surface area (Å²) in [6, 6.07) is 7.87. The van der Waals surface area contributed by atoms with E-state index in [-0.39, 0.29) is 0 Å². The minimum absolute atomic E-state index is 0.577. The molecule has 0 aliphatic carbocycles. The third kappa shape index (κ3) is 4.50. The zero-order valence-corrected chi connectivity index (χ0v) is 11.9. The van der Waals surface area contributed by atoms with Crippen LogP contribution in [0, 0.1) is 6.92 Å². The molecule has 0 saturated heterocycles. The van der Waals surface area contributed by atoms with Gasteiger partial charge in [-0.05, 0) is 24.6 Å². The number of hydrogen-bond donors (Lipinski definition) is 1. The van der Waals surface area contributed by atoms with Crippen LogP contribution in [0.4, 0.5) is 5.13 Å². The van der Waals surface area contributed by atoms with Gasteiger partial charge in [0.1, 0.15) is 11.6 Å². The smallest absolute Gasteiger partial charge is 0.202 e. The monoisotopic (exact) mass is 279 g/mol. The van der Waals surface area contributed by atoms with Crippen molar-refractivity contribution in [2.75, 3.05) is 25.6 Å². The first-order valence-corrected chi connectivity index (χ1v) is 6.80. The Bertz CT molecular complexity index is 516. The highest BCUT2D eigenvalue weighted by Crippen LogP contribution is 2.13. The van der Waals surface area contributed by atoms with Crippen molar-refractivity contribution in [1.29, 1.82) is 0 Å². The van der Waals surface area contributed by atoms with E-state index in [0.29, 0.717) is 13.2 Å². The van der Waals surface area contributed by atoms with Gasteiger partial charge in [-0.25, -0.2) is 4.98 Å². The molecule has 1 aromatic heterocycles. The topological polar surface area (TPSA) is 56.3 Å². The molecule has 0 unspecified atom stereocenters. The van der Waals surface area contributed by atoms with Crippen LogP contribution < -0.4 is 10.1 Å². The van der Waals surface area contributed by atoms with Gasteiger partial charge in [0.05, 0.1) is 20.3 Å². The molecular weight excluding hydrogens is 262 g/mol. The molecule has 0 radical (unpaired) electrons. The average Bonchev–Trinajstić information content (AvgIpc) is 2.84. The number of hydrogen-bond acceptors (Lipinski definition) is 6. The van der Waals surface area contributed by atoms with Gasteiger partial charge in [0, 0.05) is 18.1 Å². The molecular formula is C13H17N3O2S. The first kappa shape index (κ1) is 13.8. The molecule has 6 heteroatoms. The van der Waals surface area contributed by atoms with Crippen molar-refractivity contribution in [1.82, 2.24) is 9.36 Å². The summed E-state index contributed by atoms with van der Waals surface area (Å²) in [5.41, 5.74) is 1.10. The summed E-state index contributed by atoms with van der Waals surface area (Å²) in [6.07, 6.45) is 0. The fraction of sp³-hybridized carbons (Fsp3) is 0.385. The maximum atomic E-state index is 5.59. The van der Waals surface area contributed by atoms with E-state index in [1.54, 1.807) is 7.11 Å². The van der Waals surface area contributed by atoms with E-state index in [1.165, 1.54) is 11.5 Å². The van der Waals surface area contributed by atoms with Crippen LogP contribution in [0.15, 0.2) is 24.3 Å². The first-order valence-electron chi connectivity index (χ1n) is 6.03. The number of aryl methyl sites for hydroxylation is 1. The molecule has 0 amide bonds. The normalized spacial score (nSPS) is 10.4. The largest absolute Gasteiger partial charge is 0.497 e. The fourth-order valence-corrected chi connectivity index (χ4v) is 2.15. The number of rotatable bonds is 7. The van der Waals surface area contributed by atoms with Gasteiger partial charge in [-0.3, -0.25) is 0 Å². The van der Waals surface area contributed by atoms with Crippen LogP contribution in [0.2, 0.25) is 0 Å². The quantitative estimate of drug-likeness (QED) is 0.789. The lowest BCUT2D eigenvalue weighted by atomic mass is 10.2. The summed E-state index contributed by atoms with van der Waals surface area (Å²) in [4.78, 5) is 4.21. The number of benzene rings is 1. The SMILES string of the molecule is COc1cccc(COCCNc2nc(C)ns2)c1. The zero-order valence-electron chi connectivity index (χ0n) is 11.0. The highest BCUT2D eigenvalue weighted by molar-refractivity contribution is 7.09. The lowest BCUT2D eigenvalue weighted by Crippen LogP contribution is -2.09. The van der Waals surface area contributed by atoms with Crippen molar-refractivity contribution in [3.63, 3.8) is 0 Å². The van der Waals surface area contributed by atoms with Crippen LogP contribution >= 0.6 is 11.5 Å². The van der Waals surface area contributed by atoms with Crippen molar-refractivity contribution in [3.05, 3.63) is 35.7 Å². The fourth-order valence-electron chi connectivity index (χ4n) is 1.55. The molecule has 2 aromatic rings. The van der Waals surface area contributed by atoms with Crippen LogP contribution in [0.25, 0.3) is 0 Å². The number of ether oxygens (including phenoxy) is 2. The Morgan fingerprint density at radius 1 is 1.37 bits per heavy atom.